The van der Waals surface area contributed by atoms with Gasteiger partial charge in [0.15, 0.2) is 5.82 Å². The lowest BCUT2D eigenvalue weighted by molar-refractivity contribution is 0.384. The monoisotopic (exact) mass is 169 g/mol. The van der Waals surface area contributed by atoms with Gasteiger partial charge in [-0.15, -0.1) is 0 Å². The van der Waals surface area contributed by atoms with E-state index in [1.54, 1.807) is 6.20 Å². The summed E-state index contributed by atoms with van der Waals surface area (Å²) in [6.07, 6.45) is 1.58. The highest BCUT2D eigenvalue weighted by Gasteiger charge is 2.01. The summed E-state index contributed by atoms with van der Waals surface area (Å²) in [7, 11) is 0. The molecule has 1 aromatic rings. The Morgan fingerprint density at radius 3 is 2.75 bits per heavy atom. The molecule has 0 bridgehead atoms. The fourth-order valence-corrected chi connectivity index (χ4v) is 0.868. The Labute approximate surface area is 69.6 Å². The molecule has 0 amide bonds. The van der Waals surface area contributed by atoms with Gasteiger partial charge in [0.05, 0.1) is 0 Å². The van der Waals surface area contributed by atoms with E-state index in [0.717, 1.165) is 0 Å². The van der Waals surface area contributed by atoms with Crippen molar-refractivity contribution in [2.75, 3.05) is 5.48 Å². The normalized spacial score (nSPS) is 10.3. The molecule has 0 saturated heterocycles. The Balaban J connectivity index is 3.12. The molecule has 1 heterocycles. The molecule has 5 nitrogen and oxygen atoms in total. The molecule has 0 unspecified atom stereocenters. The Hall–Kier alpha value is -1.36. The molecule has 0 saturated carbocycles. The van der Waals surface area contributed by atoms with E-state index in [1.165, 1.54) is 10.6 Å². The predicted octanol–water partition coefficient (Wildman–Crippen LogP) is 0.625. The second-order valence-corrected chi connectivity index (χ2v) is 2.71. The van der Waals surface area contributed by atoms with Crippen molar-refractivity contribution in [1.29, 1.82) is 0 Å². The third kappa shape index (κ3) is 1.62. The fraction of sp³-hybridized carbons (Fsp3) is 0.429. The van der Waals surface area contributed by atoms with Crippen molar-refractivity contribution in [3.63, 3.8) is 0 Å². The number of nitrogens with zero attached hydrogens (tertiary/aromatic N) is 2. The summed E-state index contributed by atoms with van der Waals surface area (Å²) in [5.41, 5.74) is 1.44. The van der Waals surface area contributed by atoms with Crippen molar-refractivity contribution in [2.24, 2.45) is 0 Å². The zero-order chi connectivity index (χ0) is 9.14. The first-order valence-corrected chi connectivity index (χ1v) is 3.64. The summed E-state index contributed by atoms with van der Waals surface area (Å²) < 4.78 is 1.47. The van der Waals surface area contributed by atoms with Gasteiger partial charge in [-0.05, 0) is 19.9 Å². The largest absolute Gasteiger partial charge is 0.349 e. The van der Waals surface area contributed by atoms with Crippen LogP contribution in [0.25, 0.3) is 0 Å². The molecule has 5 heteroatoms. The van der Waals surface area contributed by atoms with Crippen molar-refractivity contribution < 1.29 is 5.21 Å². The third-order valence-electron chi connectivity index (χ3n) is 1.50. The Morgan fingerprint density at radius 2 is 2.33 bits per heavy atom. The van der Waals surface area contributed by atoms with Gasteiger partial charge in [0, 0.05) is 12.2 Å². The summed E-state index contributed by atoms with van der Waals surface area (Å²) in [5.74, 6) is 0.164. The quantitative estimate of drug-likeness (QED) is 0.637. The van der Waals surface area contributed by atoms with Crippen LogP contribution in [-0.2, 0) is 0 Å². The first kappa shape index (κ1) is 8.73. The SMILES string of the molecule is CC(C)n1ccc(NO)nc1=O. The number of rotatable bonds is 2. The highest BCUT2D eigenvalue weighted by molar-refractivity contribution is 5.27. The van der Waals surface area contributed by atoms with Crippen molar-refractivity contribution >= 4 is 5.82 Å². The van der Waals surface area contributed by atoms with E-state index in [-0.39, 0.29) is 17.5 Å². The highest BCUT2D eigenvalue weighted by atomic mass is 16.5. The second kappa shape index (κ2) is 3.36. The van der Waals surface area contributed by atoms with Crippen LogP contribution in [-0.4, -0.2) is 14.8 Å². The number of aromatic nitrogens is 2. The molecule has 0 aliphatic heterocycles. The molecule has 66 valence electrons. The minimum Gasteiger partial charge on any atom is -0.297 e. The number of hydrogen-bond donors (Lipinski definition) is 2. The minimum atomic E-state index is -0.371. The maximum atomic E-state index is 11.1. The maximum absolute atomic E-state index is 11.1. The van der Waals surface area contributed by atoms with Gasteiger partial charge < -0.3 is 0 Å². The summed E-state index contributed by atoms with van der Waals surface area (Å²) in [6, 6.07) is 1.61. The van der Waals surface area contributed by atoms with E-state index in [2.05, 4.69) is 4.98 Å². The average molecular weight is 169 g/mol. The van der Waals surface area contributed by atoms with Gasteiger partial charge in [-0.1, -0.05) is 0 Å². The maximum Gasteiger partial charge on any atom is 0.349 e. The van der Waals surface area contributed by atoms with E-state index in [4.69, 9.17) is 5.21 Å². The van der Waals surface area contributed by atoms with Crippen molar-refractivity contribution in [3.05, 3.63) is 22.7 Å². The molecule has 0 radical (unpaired) electrons. The molecule has 0 atom stereocenters. The number of anilines is 1. The van der Waals surface area contributed by atoms with E-state index in [9.17, 15) is 4.79 Å². The molecule has 0 spiro atoms. The molecular formula is C7H11N3O2. The van der Waals surface area contributed by atoms with Crippen molar-refractivity contribution in [2.45, 2.75) is 19.9 Å². The summed E-state index contributed by atoms with van der Waals surface area (Å²) in [4.78, 5) is 14.7. The zero-order valence-electron chi connectivity index (χ0n) is 6.98. The molecule has 12 heavy (non-hydrogen) atoms. The van der Waals surface area contributed by atoms with E-state index in [0.29, 0.717) is 0 Å². The van der Waals surface area contributed by atoms with Gasteiger partial charge in [0.1, 0.15) is 0 Å². The lowest BCUT2D eigenvalue weighted by Crippen LogP contribution is -2.24. The van der Waals surface area contributed by atoms with Crippen LogP contribution in [0.5, 0.6) is 0 Å². The number of nitrogens with one attached hydrogen (secondary N) is 1. The van der Waals surface area contributed by atoms with Crippen LogP contribution in [0.3, 0.4) is 0 Å². The first-order chi connectivity index (χ1) is 5.65. The standard InChI is InChI=1S/C7H11N3O2/c1-5(2)10-4-3-6(9-12)8-7(10)11/h3-5,12H,1-2H3,(H,8,9,11). The smallest absolute Gasteiger partial charge is 0.297 e. The lowest BCUT2D eigenvalue weighted by atomic mass is 10.4. The van der Waals surface area contributed by atoms with Crippen LogP contribution in [0, 0.1) is 0 Å². The van der Waals surface area contributed by atoms with Gasteiger partial charge >= 0.3 is 5.69 Å². The second-order valence-electron chi connectivity index (χ2n) is 2.71. The first-order valence-electron chi connectivity index (χ1n) is 3.64. The van der Waals surface area contributed by atoms with Gasteiger partial charge in [-0.2, -0.15) is 4.98 Å². The molecule has 0 aliphatic rings. The molecule has 1 aromatic heterocycles. The van der Waals surface area contributed by atoms with Gasteiger partial charge in [0.2, 0.25) is 0 Å². The van der Waals surface area contributed by atoms with Crippen LogP contribution in [0.2, 0.25) is 0 Å². The van der Waals surface area contributed by atoms with Crippen LogP contribution >= 0.6 is 0 Å². The van der Waals surface area contributed by atoms with Gasteiger partial charge in [-0.25, -0.2) is 4.79 Å². The van der Waals surface area contributed by atoms with Crippen LogP contribution in [0.15, 0.2) is 17.1 Å². The minimum absolute atomic E-state index is 0.0812. The van der Waals surface area contributed by atoms with Crippen molar-refractivity contribution in [1.82, 2.24) is 9.55 Å². The summed E-state index contributed by atoms with van der Waals surface area (Å²) in [6.45, 7) is 3.77. The van der Waals surface area contributed by atoms with Crippen molar-refractivity contribution in [3.8, 4) is 0 Å². The highest BCUT2D eigenvalue weighted by Crippen LogP contribution is 2.01. The third-order valence-corrected chi connectivity index (χ3v) is 1.50. The lowest BCUT2D eigenvalue weighted by Gasteiger charge is -2.08. The molecular weight excluding hydrogens is 158 g/mol. The van der Waals surface area contributed by atoms with Crippen LogP contribution in [0.4, 0.5) is 5.82 Å². The molecule has 2 N–H and O–H groups in total. The summed E-state index contributed by atoms with van der Waals surface area (Å²) >= 11 is 0. The van der Waals surface area contributed by atoms with E-state index >= 15 is 0 Å². The molecule has 0 fully saturated rings. The summed E-state index contributed by atoms with van der Waals surface area (Å²) in [5, 5.41) is 8.43. The Morgan fingerprint density at radius 1 is 1.67 bits per heavy atom. The molecule has 1 rings (SSSR count). The van der Waals surface area contributed by atoms with Crippen LogP contribution < -0.4 is 11.2 Å². The van der Waals surface area contributed by atoms with E-state index < -0.39 is 0 Å². The topological polar surface area (TPSA) is 67.2 Å². The molecule has 0 aromatic carbocycles. The molecule has 0 aliphatic carbocycles. The van der Waals surface area contributed by atoms with Crippen LogP contribution in [0.1, 0.15) is 19.9 Å². The van der Waals surface area contributed by atoms with E-state index in [1.807, 2.05) is 19.3 Å². The van der Waals surface area contributed by atoms with Gasteiger partial charge in [0.25, 0.3) is 0 Å². The average Bonchev–Trinajstić information content (AvgIpc) is 2.03. The zero-order valence-corrected chi connectivity index (χ0v) is 6.98. The number of hydrogen-bond acceptors (Lipinski definition) is 4. The van der Waals surface area contributed by atoms with Gasteiger partial charge in [-0.3, -0.25) is 15.3 Å². The Bertz CT molecular complexity index is 319. The predicted molar refractivity (Wildman–Crippen MR) is 44.3 cm³/mol. The Kier molecular flexibility index (Phi) is 2.44. The fourth-order valence-electron chi connectivity index (χ4n) is 0.868.